The van der Waals surface area contributed by atoms with Crippen LogP contribution in [0.15, 0.2) is 54.6 Å². The molecule has 1 saturated heterocycles. The Morgan fingerprint density at radius 1 is 0.966 bits per heavy atom. The van der Waals surface area contributed by atoms with Crippen LogP contribution in [0.4, 0.5) is 5.82 Å². The van der Waals surface area contributed by atoms with Gasteiger partial charge in [0.15, 0.2) is 0 Å². The number of nitrogens with two attached hydrogens (primary N) is 1. The van der Waals surface area contributed by atoms with Crippen molar-refractivity contribution in [2.75, 3.05) is 38.5 Å². The molecule has 2 N–H and O–H groups in total. The minimum atomic E-state index is 0.131. The molecule has 29 heavy (non-hydrogen) atoms. The number of nitrogen functional groups attached to an aromatic ring is 1. The fraction of sp³-hybridized carbons (Fsp3) is 0.318. The van der Waals surface area contributed by atoms with E-state index < -0.39 is 0 Å². The van der Waals surface area contributed by atoms with Crippen LogP contribution in [0.1, 0.15) is 12.2 Å². The Morgan fingerprint density at radius 2 is 1.69 bits per heavy atom. The Balaban J connectivity index is 1.25. The Labute approximate surface area is 170 Å². The molecular weight excluding hydrogens is 366 g/mol. The van der Waals surface area contributed by atoms with Gasteiger partial charge >= 0.3 is 0 Å². The fourth-order valence-corrected chi connectivity index (χ4v) is 3.51. The number of hydrogen-bond acceptors (Lipinski definition) is 6. The number of carbonyl (C=O) groups excluding carboxylic acids is 1. The molecule has 0 spiro atoms. The maximum Gasteiger partial charge on any atom is 0.226 e. The van der Waals surface area contributed by atoms with Crippen molar-refractivity contribution in [3.63, 3.8) is 0 Å². The zero-order valence-electron chi connectivity index (χ0n) is 16.3. The molecule has 1 fully saturated rings. The number of rotatable bonds is 6. The molecule has 3 aromatic rings. The summed E-state index contributed by atoms with van der Waals surface area (Å²) in [7, 11) is 0. The highest BCUT2D eigenvalue weighted by Crippen LogP contribution is 2.18. The first-order chi connectivity index (χ1) is 14.2. The third kappa shape index (κ3) is 4.81. The number of hydrogen-bond donors (Lipinski definition) is 1. The topological polar surface area (TPSA) is 84.6 Å². The first-order valence-electron chi connectivity index (χ1n) is 9.88. The normalized spacial score (nSPS) is 14.8. The molecule has 4 rings (SSSR count). The van der Waals surface area contributed by atoms with Gasteiger partial charge < -0.3 is 15.4 Å². The van der Waals surface area contributed by atoms with Crippen molar-refractivity contribution in [2.45, 2.75) is 13.0 Å². The highest BCUT2D eigenvalue weighted by atomic mass is 16.5. The number of benzene rings is 2. The molecule has 0 atom stereocenters. The molecule has 2 aromatic carbocycles. The molecule has 1 aliphatic rings. The van der Waals surface area contributed by atoms with Crippen LogP contribution < -0.4 is 10.5 Å². The van der Waals surface area contributed by atoms with Crippen molar-refractivity contribution in [2.24, 2.45) is 0 Å². The lowest BCUT2D eigenvalue weighted by atomic mass is 10.2. The van der Waals surface area contributed by atoms with Crippen LogP contribution in [-0.2, 0) is 11.3 Å². The summed E-state index contributed by atoms with van der Waals surface area (Å²) in [5.74, 6) is 2.15. The van der Waals surface area contributed by atoms with Gasteiger partial charge in [0.2, 0.25) is 5.91 Å². The van der Waals surface area contributed by atoms with Gasteiger partial charge in [-0.05, 0) is 24.3 Å². The van der Waals surface area contributed by atoms with Crippen molar-refractivity contribution >= 4 is 22.6 Å². The SMILES string of the molecule is Nc1nc(CN2CCN(C(=O)CCOc3ccccc3)CC2)nc2ccccc12. The van der Waals surface area contributed by atoms with Crippen molar-refractivity contribution in [3.8, 4) is 5.75 Å². The second-order valence-electron chi connectivity index (χ2n) is 7.11. The number of carbonyl (C=O) groups is 1. The first-order valence-corrected chi connectivity index (χ1v) is 9.88. The number of ether oxygens (including phenoxy) is 1. The molecule has 0 bridgehead atoms. The first kappa shape index (κ1) is 19.1. The van der Waals surface area contributed by atoms with Gasteiger partial charge in [-0.1, -0.05) is 30.3 Å². The molecule has 0 saturated carbocycles. The second kappa shape index (κ2) is 8.87. The minimum absolute atomic E-state index is 0.131. The van der Waals surface area contributed by atoms with E-state index in [1.54, 1.807) is 0 Å². The second-order valence-corrected chi connectivity index (χ2v) is 7.11. The van der Waals surface area contributed by atoms with Gasteiger partial charge in [0, 0.05) is 31.6 Å². The number of nitrogens with zero attached hydrogens (tertiary/aromatic N) is 4. The van der Waals surface area contributed by atoms with Gasteiger partial charge in [0.05, 0.1) is 25.1 Å². The summed E-state index contributed by atoms with van der Waals surface area (Å²) in [5, 5.41) is 0.879. The number of para-hydroxylation sites is 2. The van der Waals surface area contributed by atoms with Crippen LogP contribution in [0.25, 0.3) is 10.9 Å². The number of aromatic nitrogens is 2. The molecule has 0 unspecified atom stereocenters. The summed E-state index contributed by atoms with van der Waals surface area (Å²) >= 11 is 0. The molecule has 1 aliphatic heterocycles. The molecule has 1 amide bonds. The van der Waals surface area contributed by atoms with Crippen LogP contribution in [0, 0.1) is 0 Å². The summed E-state index contributed by atoms with van der Waals surface area (Å²) in [4.78, 5) is 25.7. The number of anilines is 1. The molecule has 0 radical (unpaired) electrons. The van der Waals surface area contributed by atoms with E-state index in [0.717, 1.165) is 35.6 Å². The lowest BCUT2D eigenvalue weighted by Crippen LogP contribution is -2.48. The van der Waals surface area contributed by atoms with E-state index in [1.807, 2.05) is 59.5 Å². The summed E-state index contributed by atoms with van der Waals surface area (Å²) in [6.45, 7) is 4.02. The Bertz CT molecular complexity index is 971. The predicted octanol–water partition coefficient (Wildman–Crippen LogP) is 2.33. The Kier molecular flexibility index (Phi) is 5.86. The quantitative estimate of drug-likeness (QED) is 0.694. The molecule has 2 heterocycles. The number of fused-ring (bicyclic) bond motifs is 1. The molecule has 0 aliphatic carbocycles. The fourth-order valence-electron chi connectivity index (χ4n) is 3.51. The van der Waals surface area contributed by atoms with E-state index in [1.165, 1.54) is 0 Å². The van der Waals surface area contributed by atoms with Crippen LogP contribution in [0.5, 0.6) is 5.75 Å². The third-order valence-electron chi connectivity index (χ3n) is 5.10. The predicted molar refractivity (Wildman–Crippen MR) is 112 cm³/mol. The van der Waals surface area contributed by atoms with Crippen molar-refractivity contribution in [1.82, 2.24) is 19.8 Å². The molecular formula is C22H25N5O2. The lowest BCUT2D eigenvalue weighted by molar-refractivity contribution is -0.133. The van der Waals surface area contributed by atoms with Crippen LogP contribution >= 0.6 is 0 Å². The molecule has 7 nitrogen and oxygen atoms in total. The summed E-state index contributed by atoms with van der Waals surface area (Å²) < 4.78 is 5.63. The van der Waals surface area contributed by atoms with Gasteiger partial charge in [-0.25, -0.2) is 9.97 Å². The van der Waals surface area contributed by atoms with Crippen molar-refractivity contribution < 1.29 is 9.53 Å². The van der Waals surface area contributed by atoms with E-state index in [9.17, 15) is 4.79 Å². The van der Waals surface area contributed by atoms with E-state index in [-0.39, 0.29) is 5.91 Å². The third-order valence-corrected chi connectivity index (χ3v) is 5.10. The highest BCUT2D eigenvalue weighted by Gasteiger charge is 2.21. The monoisotopic (exact) mass is 391 g/mol. The largest absolute Gasteiger partial charge is 0.493 e. The minimum Gasteiger partial charge on any atom is -0.493 e. The summed E-state index contributed by atoms with van der Waals surface area (Å²) in [5.41, 5.74) is 6.94. The average Bonchev–Trinajstić information content (AvgIpc) is 2.75. The van der Waals surface area contributed by atoms with E-state index in [0.29, 0.717) is 38.5 Å². The number of piperazine rings is 1. The maximum absolute atomic E-state index is 12.4. The van der Waals surface area contributed by atoms with Crippen molar-refractivity contribution in [3.05, 3.63) is 60.4 Å². The summed E-state index contributed by atoms with van der Waals surface area (Å²) in [6, 6.07) is 17.3. The lowest BCUT2D eigenvalue weighted by Gasteiger charge is -2.34. The Morgan fingerprint density at radius 3 is 2.48 bits per heavy atom. The molecule has 7 heteroatoms. The zero-order chi connectivity index (χ0) is 20.1. The summed E-state index contributed by atoms with van der Waals surface area (Å²) in [6.07, 6.45) is 0.388. The van der Waals surface area contributed by atoms with Crippen LogP contribution in [0.3, 0.4) is 0 Å². The maximum atomic E-state index is 12.4. The van der Waals surface area contributed by atoms with Crippen molar-refractivity contribution in [1.29, 1.82) is 0 Å². The smallest absolute Gasteiger partial charge is 0.226 e. The zero-order valence-corrected chi connectivity index (χ0v) is 16.3. The van der Waals surface area contributed by atoms with Gasteiger partial charge in [-0.2, -0.15) is 0 Å². The van der Waals surface area contributed by atoms with Gasteiger partial charge in [0.1, 0.15) is 17.4 Å². The number of amides is 1. The van der Waals surface area contributed by atoms with Gasteiger partial charge in [0.25, 0.3) is 0 Å². The van der Waals surface area contributed by atoms with E-state index in [4.69, 9.17) is 10.5 Å². The van der Waals surface area contributed by atoms with E-state index >= 15 is 0 Å². The van der Waals surface area contributed by atoms with Gasteiger partial charge in [-0.3, -0.25) is 9.69 Å². The van der Waals surface area contributed by atoms with Gasteiger partial charge in [-0.15, -0.1) is 0 Å². The molecule has 150 valence electrons. The van der Waals surface area contributed by atoms with Crippen LogP contribution in [-0.4, -0.2) is 58.5 Å². The Hall–Kier alpha value is -3.19. The van der Waals surface area contributed by atoms with Crippen LogP contribution in [0.2, 0.25) is 0 Å². The molecule has 1 aromatic heterocycles. The standard InChI is InChI=1S/C22H25N5O2/c23-22-18-8-4-5-9-19(18)24-20(25-22)16-26-11-13-27(14-12-26)21(28)10-15-29-17-6-2-1-3-7-17/h1-9H,10-16H2,(H2,23,24,25). The average molecular weight is 391 g/mol. The highest BCUT2D eigenvalue weighted by molar-refractivity contribution is 5.87. The van der Waals surface area contributed by atoms with E-state index in [2.05, 4.69) is 14.9 Å².